The van der Waals surface area contributed by atoms with Gasteiger partial charge in [-0.1, -0.05) is 49.4 Å². The van der Waals surface area contributed by atoms with Gasteiger partial charge >= 0.3 is 5.97 Å². The summed E-state index contributed by atoms with van der Waals surface area (Å²) in [4.78, 5) is 27.6. The third-order valence-corrected chi connectivity index (χ3v) is 7.45. The predicted molar refractivity (Wildman–Crippen MR) is 132 cm³/mol. The molecule has 1 amide bonds. The molecule has 2 aromatic rings. The number of esters is 1. The van der Waals surface area contributed by atoms with Crippen molar-refractivity contribution in [1.82, 2.24) is 4.90 Å². The van der Waals surface area contributed by atoms with Crippen LogP contribution in [-0.4, -0.2) is 47.7 Å². The number of rotatable bonds is 12. The molecule has 0 aliphatic carbocycles. The lowest BCUT2D eigenvalue weighted by atomic mass is 9.95. The van der Waals surface area contributed by atoms with Crippen molar-refractivity contribution in [2.45, 2.75) is 64.0 Å². The zero-order valence-electron chi connectivity index (χ0n) is 19.6. The molecule has 6 heteroatoms. The fourth-order valence-electron chi connectivity index (χ4n) is 4.27. The normalized spacial score (nSPS) is 18.1. The number of hydrogen-bond acceptors (Lipinski definition) is 5. The number of amides is 1. The van der Waals surface area contributed by atoms with Gasteiger partial charge in [0.25, 0.3) is 0 Å². The number of thiophene rings is 1. The van der Waals surface area contributed by atoms with Crippen molar-refractivity contribution in [1.29, 1.82) is 0 Å². The first kappa shape index (κ1) is 25.2. The lowest BCUT2D eigenvalue weighted by molar-refractivity contribution is -0.128. The largest absolute Gasteiger partial charge is 0.465 e. The minimum absolute atomic E-state index is 0.0534. The minimum Gasteiger partial charge on any atom is -0.465 e. The van der Waals surface area contributed by atoms with Crippen LogP contribution in [0.3, 0.4) is 0 Å². The average Bonchev–Trinajstić information content (AvgIpc) is 3.44. The molecule has 1 N–H and O–H groups in total. The third-order valence-electron chi connectivity index (χ3n) is 6.33. The molecule has 1 fully saturated rings. The predicted octanol–water partition coefficient (Wildman–Crippen LogP) is 5.03. The molecule has 0 saturated carbocycles. The molecule has 0 bridgehead atoms. The van der Waals surface area contributed by atoms with Crippen LogP contribution in [0, 0.1) is 5.92 Å². The summed E-state index contributed by atoms with van der Waals surface area (Å²) in [6.45, 7) is 2.77. The van der Waals surface area contributed by atoms with Crippen molar-refractivity contribution in [3.05, 3.63) is 69.9 Å². The fourth-order valence-corrected chi connectivity index (χ4v) is 5.24. The number of carbonyl (C=O) groups excluding carboxylic acids is 2. The average molecular weight is 470 g/mol. The fraction of sp³-hybridized carbons (Fsp3) is 0.481. The molecular formula is C27H35NO4S. The molecule has 0 radical (unpaired) electrons. The van der Waals surface area contributed by atoms with Crippen LogP contribution >= 0.6 is 11.3 Å². The van der Waals surface area contributed by atoms with Gasteiger partial charge in [0.1, 0.15) is 4.88 Å². The van der Waals surface area contributed by atoms with Gasteiger partial charge in [0.2, 0.25) is 5.91 Å². The van der Waals surface area contributed by atoms with Gasteiger partial charge in [0, 0.05) is 17.8 Å². The Morgan fingerprint density at radius 2 is 2.00 bits per heavy atom. The van der Waals surface area contributed by atoms with Crippen LogP contribution in [0.2, 0.25) is 0 Å². The van der Waals surface area contributed by atoms with Crippen molar-refractivity contribution >= 4 is 23.2 Å². The summed E-state index contributed by atoms with van der Waals surface area (Å²) in [5.41, 5.74) is 1.33. The smallest absolute Gasteiger partial charge is 0.348 e. The highest BCUT2D eigenvalue weighted by Gasteiger charge is 2.28. The van der Waals surface area contributed by atoms with E-state index in [1.807, 2.05) is 29.2 Å². The molecule has 1 aliphatic heterocycles. The van der Waals surface area contributed by atoms with Crippen LogP contribution in [0.5, 0.6) is 0 Å². The first-order valence-corrected chi connectivity index (χ1v) is 12.7. The second-order valence-electron chi connectivity index (χ2n) is 8.78. The molecule has 3 rings (SSSR count). The van der Waals surface area contributed by atoms with E-state index < -0.39 is 6.10 Å². The van der Waals surface area contributed by atoms with Crippen molar-refractivity contribution in [3.8, 4) is 0 Å². The van der Waals surface area contributed by atoms with Gasteiger partial charge in [-0.3, -0.25) is 4.79 Å². The van der Waals surface area contributed by atoms with Gasteiger partial charge < -0.3 is 14.7 Å². The van der Waals surface area contributed by atoms with Crippen LogP contribution in [0.4, 0.5) is 0 Å². The van der Waals surface area contributed by atoms with E-state index in [0.29, 0.717) is 17.8 Å². The molecule has 1 unspecified atom stereocenters. The summed E-state index contributed by atoms with van der Waals surface area (Å²) in [7, 11) is 1.39. The molecule has 2 heterocycles. The second kappa shape index (κ2) is 12.7. The summed E-state index contributed by atoms with van der Waals surface area (Å²) >= 11 is 1.45. The molecule has 1 aromatic heterocycles. The number of likely N-dealkylation sites (tertiary alicyclic amines) is 1. The Labute approximate surface area is 201 Å². The highest BCUT2D eigenvalue weighted by molar-refractivity contribution is 7.13. The first-order valence-electron chi connectivity index (χ1n) is 11.8. The van der Waals surface area contributed by atoms with E-state index in [4.69, 9.17) is 4.74 Å². The summed E-state index contributed by atoms with van der Waals surface area (Å²) in [5, 5.41) is 10.6. The van der Waals surface area contributed by atoms with Gasteiger partial charge in [0.05, 0.1) is 19.3 Å². The molecule has 0 spiro atoms. The number of benzene rings is 1. The highest BCUT2D eigenvalue weighted by Crippen LogP contribution is 2.23. The quantitative estimate of drug-likeness (QED) is 0.350. The van der Waals surface area contributed by atoms with Gasteiger partial charge in [0.15, 0.2) is 0 Å². The summed E-state index contributed by atoms with van der Waals surface area (Å²) in [6.07, 6.45) is 9.46. The minimum atomic E-state index is -0.499. The third kappa shape index (κ3) is 7.54. The maximum absolute atomic E-state index is 12.4. The van der Waals surface area contributed by atoms with E-state index in [1.54, 1.807) is 6.07 Å². The SMILES string of the molecule is COC(=O)c1ccc(CCCN2C(=O)CC[C@@H]2C=C[C@H](O)C(C)CCCc2ccccc2)s1. The Kier molecular flexibility index (Phi) is 9.70. The van der Waals surface area contributed by atoms with E-state index in [9.17, 15) is 14.7 Å². The molecular weight excluding hydrogens is 434 g/mol. The maximum Gasteiger partial charge on any atom is 0.348 e. The number of ether oxygens (including phenoxy) is 1. The van der Waals surface area contributed by atoms with Gasteiger partial charge in [-0.15, -0.1) is 11.3 Å². The topological polar surface area (TPSA) is 66.8 Å². The summed E-state index contributed by atoms with van der Waals surface area (Å²) in [5.74, 6) is 0.0499. The van der Waals surface area contributed by atoms with E-state index in [1.165, 1.54) is 24.0 Å². The Bertz CT molecular complexity index is 923. The standard InChI is InChI=1S/C27H35NO4S/c1-20(8-6-11-21-9-4-3-5-10-21)24(29)16-13-22-14-18-26(30)28(22)19-7-12-23-15-17-25(33-23)27(31)32-2/h3-5,9-10,13,15-17,20,22,24,29H,6-8,11-12,14,18-19H2,1-2H3/t20?,22-,24-/m0/s1. The molecule has 1 aromatic carbocycles. The second-order valence-corrected chi connectivity index (χ2v) is 9.95. The molecule has 1 aliphatic rings. The number of hydrogen-bond donors (Lipinski definition) is 1. The monoisotopic (exact) mass is 469 g/mol. The van der Waals surface area contributed by atoms with Crippen molar-refractivity contribution in [2.24, 2.45) is 5.92 Å². The van der Waals surface area contributed by atoms with Crippen molar-refractivity contribution in [2.75, 3.05) is 13.7 Å². The molecule has 5 nitrogen and oxygen atoms in total. The van der Waals surface area contributed by atoms with Gasteiger partial charge in [-0.2, -0.15) is 0 Å². The van der Waals surface area contributed by atoms with Crippen LogP contribution < -0.4 is 0 Å². The Morgan fingerprint density at radius 3 is 2.76 bits per heavy atom. The summed E-state index contributed by atoms with van der Waals surface area (Å²) in [6, 6.07) is 14.2. The molecule has 1 saturated heterocycles. The van der Waals surface area contributed by atoms with Crippen molar-refractivity contribution in [3.63, 3.8) is 0 Å². The lowest BCUT2D eigenvalue weighted by Gasteiger charge is -2.23. The van der Waals surface area contributed by atoms with Crippen molar-refractivity contribution < 1.29 is 19.4 Å². The zero-order chi connectivity index (χ0) is 23.6. The van der Waals surface area contributed by atoms with E-state index in [-0.39, 0.29) is 23.8 Å². The number of nitrogens with zero attached hydrogens (tertiary/aromatic N) is 1. The maximum atomic E-state index is 12.4. The van der Waals surface area contributed by atoms with Crippen LogP contribution in [0.1, 0.15) is 59.1 Å². The Hall–Kier alpha value is -2.44. The number of aliphatic hydroxyl groups excluding tert-OH is 1. The first-order chi connectivity index (χ1) is 16.0. The van der Waals surface area contributed by atoms with Crippen LogP contribution in [0.15, 0.2) is 54.6 Å². The number of aryl methyl sites for hydroxylation is 2. The lowest BCUT2D eigenvalue weighted by Crippen LogP contribution is -2.33. The highest BCUT2D eigenvalue weighted by atomic mass is 32.1. The van der Waals surface area contributed by atoms with Gasteiger partial charge in [-0.05, 0) is 62.1 Å². The Morgan fingerprint density at radius 1 is 1.21 bits per heavy atom. The van der Waals surface area contributed by atoms with E-state index >= 15 is 0 Å². The zero-order valence-corrected chi connectivity index (χ0v) is 20.4. The number of carbonyl (C=O) groups is 2. The van der Waals surface area contributed by atoms with E-state index in [0.717, 1.165) is 43.4 Å². The van der Waals surface area contributed by atoms with Crippen LogP contribution in [0.25, 0.3) is 0 Å². The van der Waals surface area contributed by atoms with Gasteiger partial charge in [-0.25, -0.2) is 4.79 Å². The number of aliphatic hydroxyl groups is 1. The molecule has 178 valence electrons. The number of methoxy groups -OCH3 is 1. The van der Waals surface area contributed by atoms with E-state index in [2.05, 4.69) is 31.2 Å². The molecule has 3 atom stereocenters. The Balaban J connectivity index is 1.43. The molecule has 33 heavy (non-hydrogen) atoms. The summed E-state index contributed by atoms with van der Waals surface area (Å²) < 4.78 is 4.76. The van der Waals surface area contributed by atoms with Crippen LogP contribution in [-0.2, 0) is 22.4 Å².